The standard InChI is InChI=1S/C23H23N3O3/c1-15(2)16-8-10-17(11-9-16)22(27)25-13-12-20-19(14-25)21(23(28)29)24-26(20)18-6-4-3-5-7-18/h3-11,15H,12-14H2,1-2H3,(H,28,29). The van der Waals surface area contributed by atoms with Crippen LogP contribution in [0.5, 0.6) is 0 Å². The van der Waals surface area contributed by atoms with Crippen molar-refractivity contribution in [3.05, 3.63) is 82.7 Å². The average Bonchev–Trinajstić information content (AvgIpc) is 3.13. The van der Waals surface area contributed by atoms with Crippen LogP contribution in [0.15, 0.2) is 54.6 Å². The average molecular weight is 389 g/mol. The molecule has 0 aliphatic carbocycles. The van der Waals surface area contributed by atoms with Crippen molar-refractivity contribution in [2.24, 2.45) is 0 Å². The van der Waals surface area contributed by atoms with Gasteiger partial charge in [-0.3, -0.25) is 4.79 Å². The summed E-state index contributed by atoms with van der Waals surface area (Å²) in [6, 6.07) is 17.1. The third kappa shape index (κ3) is 3.53. The minimum Gasteiger partial charge on any atom is -0.476 e. The molecule has 1 aliphatic rings. The molecule has 0 atom stereocenters. The molecule has 4 rings (SSSR count). The number of para-hydroxylation sites is 1. The SMILES string of the molecule is CC(C)c1ccc(C(=O)N2CCc3c(c(C(=O)O)nn3-c3ccccc3)C2)cc1. The number of carboxylic acid groups (broad SMARTS) is 1. The van der Waals surface area contributed by atoms with Gasteiger partial charge in [0.2, 0.25) is 0 Å². The Hall–Kier alpha value is -3.41. The molecule has 1 aliphatic heterocycles. The Balaban J connectivity index is 1.65. The molecule has 1 aromatic heterocycles. The Kier molecular flexibility index (Phi) is 4.92. The Labute approximate surface area is 169 Å². The maximum absolute atomic E-state index is 13.0. The Morgan fingerprint density at radius 3 is 2.34 bits per heavy atom. The molecule has 0 bridgehead atoms. The number of hydrogen-bond donors (Lipinski definition) is 1. The molecule has 0 saturated carbocycles. The molecule has 29 heavy (non-hydrogen) atoms. The molecule has 6 heteroatoms. The number of carbonyl (C=O) groups is 2. The topological polar surface area (TPSA) is 75.4 Å². The summed E-state index contributed by atoms with van der Waals surface area (Å²) >= 11 is 0. The molecule has 1 N–H and O–H groups in total. The van der Waals surface area contributed by atoms with Gasteiger partial charge < -0.3 is 10.0 Å². The van der Waals surface area contributed by atoms with Crippen molar-refractivity contribution in [3.63, 3.8) is 0 Å². The van der Waals surface area contributed by atoms with Gasteiger partial charge in [0.05, 0.1) is 17.9 Å². The highest BCUT2D eigenvalue weighted by Gasteiger charge is 2.30. The maximum atomic E-state index is 13.0. The number of fused-ring (bicyclic) bond motifs is 1. The van der Waals surface area contributed by atoms with E-state index in [-0.39, 0.29) is 18.1 Å². The number of amides is 1. The van der Waals surface area contributed by atoms with Gasteiger partial charge in [0.1, 0.15) is 0 Å². The van der Waals surface area contributed by atoms with E-state index in [1.807, 2.05) is 54.6 Å². The zero-order chi connectivity index (χ0) is 20.5. The molecule has 2 aromatic carbocycles. The number of hydrogen-bond acceptors (Lipinski definition) is 3. The van der Waals surface area contributed by atoms with Crippen LogP contribution in [0.2, 0.25) is 0 Å². The summed E-state index contributed by atoms with van der Waals surface area (Å²) in [6.45, 7) is 4.99. The van der Waals surface area contributed by atoms with Crippen LogP contribution >= 0.6 is 0 Å². The fourth-order valence-electron chi connectivity index (χ4n) is 3.74. The molecular formula is C23H23N3O3. The van der Waals surface area contributed by atoms with Crippen LogP contribution in [0.3, 0.4) is 0 Å². The van der Waals surface area contributed by atoms with Crippen LogP contribution < -0.4 is 0 Å². The van der Waals surface area contributed by atoms with Gasteiger partial charge in [0, 0.05) is 24.1 Å². The summed E-state index contributed by atoms with van der Waals surface area (Å²) in [5.41, 5.74) is 4.09. The van der Waals surface area contributed by atoms with Crippen molar-refractivity contribution < 1.29 is 14.7 Å². The van der Waals surface area contributed by atoms with Crippen molar-refractivity contribution in [3.8, 4) is 5.69 Å². The van der Waals surface area contributed by atoms with E-state index in [1.54, 1.807) is 9.58 Å². The van der Waals surface area contributed by atoms with Gasteiger partial charge in [-0.1, -0.05) is 44.2 Å². The smallest absolute Gasteiger partial charge is 0.356 e. The van der Waals surface area contributed by atoms with E-state index < -0.39 is 5.97 Å². The predicted octanol–water partition coefficient (Wildman–Crippen LogP) is 3.89. The van der Waals surface area contributed by atoms with E-state index in [9.17, 15) is 14.7 Å². The first-order valence-electron chi connectivity index (χ1n) is 9.74. The van der Waals surface area contributed by atoms with E-state index in [0.29, 0.717) is 30.0 Å². The molecule has 148 valence electrons. The molecule has 6 nitrogen and oxygen atoms in total. The van der Waals surface area contributed by atoms with Crippen LogP contribution in [0, 0.1) is 0 Å². The molecule has 2 heterocycles. The minimum atomic E-state index is -1.08. The number of carbonyl (C=O) groups excluding carboxylic acids is 1. The van der Waals surface area contributed by atoms with Gasteiger partial charge in [-0.25, -0.2) is 9.48 Å². The van der Waals surface area contributed by atoms with Crippen molar-refractivity contribution in [1.29, 1.82) is 0 Å². The van der Waals surface area contributed by atoms with Gasteiger partial charge in [-0.05, 0) is 35.7 Å². The minimum absolute atomic E-state index is 0.0107. The predicted molar refractivity (Wildman–Crippen MR) is 109 cm³/mol. The lowest BCUT2D eigenvalue weighted by molar-refractivity contribution is 0.0674. The number of rotatable bonds is 4. The fourth-order valence-corrected chi connectivity index (χ4v) is 3.74. The summed E-state index contributed by atoms with van der Waals surface area (Å²) in [5, 5.41) is 14.0. The molecule has 0 saturated heterocycles. The summed E-state index contributed by atoms with van der Waals surface area (Å²) < 4.78 is 1.69. The van der Waals surface area contributed by atoms with Crippen LogP contribution in [-0.4, -0.2) is 38.2 Å². The number of carboxylic acids is 1. The highest BCUT2D eigenvalue weighted by molar-refractivity contribution is 5.95. The third-order valence-electron chi connectivity index (χ3n) is 5.37. The number of nitrogens with zero attached hydrogens (tertiary/aromatic N) is 3. The van der Waals surface area contributed by atoms with Gasteiger partial charge in [-0.15, -0.1) is 0 Å². The Morgan fingerprint density at radius 2 is 1.72 bits per heavy atom. The second kappa shape index (κ2) is 7.54. The molecule has 0 fully saturated rings. The Morgan fingerprint density at radius 1 is 1.03 bits per heavy atom. The van der Waals surface area contributed by atoms with Crippen molar-refractivity contribution in [2.75, 3.05) is 6.54 Å². The highest BCUT2D eigenvalue weighted by Crippen LogP contribution is 2.27. The van der Waals surface area contributed by atoms with Gasteiger partial charge in [0.15, 0.2) is 5.69 Å². The zero-order valence-corrected chi connectivity index (χ0v) is 16.5. The van der Waals surface area contributed by atoms with Crippen LogP contribution in [0.4, 0.5) is 0 Å². The molecule has 0 unspecified atom stereocenters. The lowest BCUT2D eigenvalue weighted by atomic mass is 10.0. The quantitative estimate of drug-likeness (QED) is 0.734. The fraction of sp³-hybridized carbons (Fsp3) is 0.261. The number of benzene rings is 2. The van der Waals surface area contributed by atoms with E-state index in [1.165, 1.54) is 5.56 Å². The van der Waals surface area contributed by atoms with Crippen LogP contribution in [0.1, 0.15) is 57.4 Å². The normalized spacial score (nSPS) is 13.4. The van der Waals surface area contributed by atoms with Gasteiger partial charge in [0.25, 0.3) is 5.91 Å². The second-order valence-corrected chi connectivity index (χ2v) is 7.58. The van der Waals surface area contributed by atoms with Crippen molar-refractivity contribution in [1.82, 2.24) is 14.7 Å². The largest absolute Gasteiger partial charge is 0.476 e. The van der Waals surface area contributed by atoms with E-state index in [2.05, 4.69) is 18.9 Å². The van der Waals surface area contributed by atoms with Gasteiger partial charge in [-0.2, -0.15) is 5.10 Å². The van der Waals surface area contributed by atoms with Gasteiger partial charge >= 0.3 is 5.97 Å². The van der Waals surface area contributed by atoms with Crippen molar-refractivity contribution >= 4 is 11.9 Å². The first-order chi connectivity index (χ1) is 14.0. The first-order valence-corrected chi connectivity index (χ1v) is 9.74. The van der Waals surface area contributed by atoms with E-state index >= 15 is 0 Å². The third-order valence-corrected chi connectivity index (χ3v) is 5.37. The van der Waals surface area contributed by atoms with Crippen LogP contribution in [-0.2, 0) is 13.0 Å². The molecule has 0 spiro atoms. The second-order valence-electron chi connectivity index (χ2n) is 7.58. The van der Waals surface area contributed by atoms with Crippen LogP contribution in [0.25, 0.3) is 5.69 Å². The summed E-state index contributed by atoms with van der Waals surface area (Å²) in [5.74, 6) is -0.764. The first kappa shape index (κ1) is 18.9. The highest BCUT2D eigenvalue weighted by atomic mass is 16.4. The van der Waals surface area contributed by atoms with Crippen molar-refractivity contribution in [2.45, 2.75) is 32.7 Å². The monoisotopic (exact) mass is 389 g/mol. The number of aromatic nitrogens is 2. The maximum Gasteiger partial charge on any atom is 0.356 e. The molecule has 0 radical (unpaired) electrons. The van der Waals surface area contributed by atoms with E-state index in [4.69, 9.17) is 0 Å². The summed E-state index contributed by atoms with van der Waals surface area (Å²) in [7, 11) is 0. The summed E-state index contributed by atoms with van der Waals surface area (Å²) in [4.78, 5) is 26.5. The lowest BCUT2D eigenvalue weighted by Crippen LogP contribution is -2.36. The summed E-state index contributed by atoms with van der Waals surface area (Å²) in [6.07, 6.45) is 0.556. The molecule has 3 aromatic rings. The van der Waals surface area contributed by atoms with E-state index in [0.717, 1.165) is 11.4 Å². The Bertz CT molecular complexity index is 1050. The molecule has 1 amide bonds. The molecular weight excluding hydrogens is 366 g/mol. The number of aromatic carboxylic acids is 1. The zero-order valence-electron chi connectivity index (χ0n) is 16.5. The lowest BCUT2D eigenvalue weighted by Gasteiger charge is -2.28.